The summed E-state index contributed by atoms with van der Waals surface area (Å²) in [6, 6.07) is 11.4. The quantitative estimate of drug-likeness (QED) is 0.745. The Morgan fingerprint density at radius 2 is 2.11 bits per heavy atom. The van der Waals surface area contributed by atoms with E-state index in [0.29, 0.717) is 22.4 Å². The van der Waals surface area contributed by atoms with Gasteiger partial charge in [-0.1, -0.05) is 40.7 Å². The zero-order valence-corrected chi connectivity index (χ0v) is 17.2. The van der Waals surface area contributed by atoms with Crippen LogP contribution in [0.3, 0.4) is 0 Å². The maximum Gasteiger partial charge on any atom is 0.276 e. The second-order valence-corrected chi connectivity index (χ2v) is 8.43. The topological polar surface area (TPSA) is 75.5 Å². The van der Waals surface area contributed by atoms with Crippen LogP contribution in [0.2, 0.25) is 0 Å². The van der Waals surface area contributed by atoms with Gasteiger partial charge in [0.2, 0.25) is 6.79 Å². The molecule has 0 spiro atoms. The third kappa shape index (κ3) is 2.85. The third-order valence-electron chi connectivity index (χ3n) is 4.55. The van der Waals surface area contributed by atoms with Gasteiger partial charge in [-0.3, -0.25) is 15.1 Å². The normalized spacial score (nSPS) is 19.4. The molecule has 0 aliphatic carbocycles. The Hall–Kier alpha value is -2.52. The van der Waals surface area contributed by atoms with Crippen molar-refractivity contribution >= 4 is 44.5 Å². The first kappa shape index (κ1) is 17.6. The summed E-state index contributed by atoms with van der Waals surface area (Å²) in [6.07, 6.45) is -0.475. The number of amidine groups is 1. The highest BCUT2D eigenvalue weighted by Crippen LogP contribution is 2.38. The number of carbonyl (C=O) groups is 1. The van der Waals surface area contributed by atoms with Crippen molar-refractivity contribution in [3.63, 3.8) is 0 Å². The summed E-state index contributed by atoms with van der Waals surface area (Å²) in [5.41, 5.74) is 1.35. The molecule has 1 atom stereocenters. The molecule has 3 heterocycles. The van der Waals surface area contributed by atoms with Gasteiger partial charge >= 0.3 is 0 Å². The van der Waals surface area contributed by atoms with E-state index in [2.05, 4.69) is 26.3 Å². The van der Waals surface area contributed by atoms with E-state index in [0.717, 1.165) is 26.4 Å². The standard InChI is InChI=1S/C19H15BrN4O3S/c1-2-28-19-22-18(25)16-12-8-11(20)4-5-13(12)21-17(24(16)23-19)10-3-6-14-15(7-10)27-9-26-14/h3-8,17H,2,9H2,1H3,(H,22,23,25). The van der Waals surface area contributed by atoms with Crippen molar-refractivity contribution in [1.29, 1.82) is 0 Å². The van der Waals surface area contributed by atoms with E-state index in [-0.39, 0.29) is 12.7 Å². The fourth-order valence-corrected chi connectivity index (χ4v) is 4.29. The second kappa shape index (κ2) is 6.82. The van der Waals surface area contributed by atoms with E-state index >= 15 is 0 Å². The Bertz CT molecular complexity index is 1150. The molecule has 142 valence electrons. The number of rotatable bonds is 2. The molecule has 7 nitrogen and oxygen atoms in total. The molecule has 9 heteroatoms. The molecule has 1 unspecified atom stereocenters. The van der Waals surface area contributed by atoms with Gasteiger partial charge in [0.25, 0.3) is 5.91 Å². The van der Waals surface area contributed by atoms with Gasteiger partial charge in [0.1, 0.15) is 5.70 Å². The van der Waals surface area contributed by atoms with Crippen molar-refractivity contribution in [3.8, 4) is 11.5 Å². The van der Waals surface area contributed by atoms with E-state index in [1.807, 2.05) is 43.3 Å². The van der Waals surface area contributed by atoms with Crippen molar-refractivity contribution < 1.29 is 14.3 Å². The van der Waals surface area contributed by atoms with Crippen LogP contribution in [0, 0.1) is 0 Å². The number of hydrogen-bond donors (Lipinski definition) is 1. The molecule has 3 aliphatic heterocycles. The first-order valence-electron chi connectivity index (χ1n) is 8.73. The fraction of sp³-hybridized carbons (Fsp3) is 0.211. The molecular weight excluding hydrogens is 444 g/mol. The molecule has 5 rings (SSSR count). The first-order chi connectivity index (χ1) is 13.6. The minimum atomic E-state index is -0.475. The van der Waals surface area contributed by atoms with E-state index in [1.54, 1.807) is 5.01 Å². The third-order valence-corrected chi connectivity index (χ3v) is 5.78. The number of amides is 1. The second-order valence-electron chi connectivity index (χ2n) is 6.26. The number of ether oxygens (including phenoxy) is 2. The molecule has 28 heavy (non-hydrogen) atoms. The SMILES string of the molecule is CCSC1=NN2C(=c3cc(Br)ccc3=NC2c2ccc3c(c2)OCO3)C(=O)N1. The van der Waals surface area contributed by atoms with Crippen molar-refractivity contribution in [3.05, 3.63) is 57.0 Å². The number of carbonyl (C=O) groups excluding carboxylic acids is 1. The van der Waals surface area contributed by atoms with E-state index in [9.17, 15) is 4.79 Å². The van der Waals surface area contributed by atoms with Crippen LogP contribution < -0.4 is 25.4 Å². The number of nitrogens with one attached hydrogen (secondary N) is 1. The van der Waals surface area contributed by atoms with Crippen LogP contribution in [0.25, 0.3) is 5.70 Å². The molecule has 1 amide bonds. The molecule has 0 radical (unpaired) electrons. The van der Waals surface area contributed by atoms with E-state index < -0.39 is 6.17 Å². The van der Waals surface area contributed by atoms with E-state index in [4.69, 9.17) is 14.5 Å². The predicted octanol–water partition coefficient (Wildman–Crippen LogP) is 2.07. The number of hydrazone groups is 1. The maximum absolute atomic E-state index is 13.0. The number of benzene rings is 2. The van der Waals surface area contributed by atoms with Crippen molar-refractivity contribution in [2.24, 2.45) is 10.1 Å². The van der Waals surface area contributed by atoms with Crippen LogP contribution in [0.4, 0.5) is 0 Å². The highest BCUT2D eigenvalue weighted by Gasteiger charge is 2.35. The highest BCUT2D eigenvalue weighted by molar-refractivity contribution is 9.10. The van der Waals surface area contributed by atoms with Gasteiger partial charge in [0.15, 0.2) is 22.8 Å². The molecule has 0 aromatic heterocycles. The molecular formula is C19H15BrN4O3S. The van der Waals surface area contributed by atoms with Gasteiger partial charge < -0.3 is 9.47 Å². The van der Waals surface area contributed by atoms with E-state index in [1.165, 1.54) is 11.8 Å². The summed E-state index contributed by atoms with van der Waals surface area (Å²) < 4.78 is 11.8. The number of halogens is 1. The van der Waals surface area contributed by atoms with Gasteiger partial charge in [0, 0.05) is 15.3 Å². The summed E-state index contributed by atoms with van der Waals surface area (Å²) in [5.74, 6) is 1.99. The zero-order chi connectivity index (χ0) is 19.3. The lowest BCUT2D eigenvalue weighted by Gasteiger charge is -2.34. The Morgan fingerprint density at radius 1 is 1.25 bits per heavy atom. The number of hydrogen-bond acceptors (Lipinski definition) is 7. The van der Waals surface area contributed by atoms with Crippen molar-refractivity contribution in [2.45, 2.75) is 13.1 Å². The first-order valence-corrected chi connectivity index (χ1v) is 10.5. The number of thioether (sulfide) groups is 1. The minimum absolute atomic E-state index is 0.189. The Labute approximate surface area is 173 Å². The maximum atomic E-state index is 13.0. The lowest BCUT2D eigenvalue weighted by atomic mass is 10.1. The minimum Gasteiger partial charge on any atom is -0.454 e. The average Bonchev–Trinajstić information content (AvgIpc) is 3.15. The summed E-state index contributed by atoms with van der Waals surface area (Å²) in [7, 11) is 0. The van der Waals surface area contributed by atoms with Gasteiger partial charge in [-0.2, -0.15) is 0 Å². The number of fused-ring (bicyclic) bond motifs is 3. The molecule has 0 saturated heterocycles. The highest BCUT2D eigenvalue weighted by atomic mass is 79.9. The van der Waals surface area contributed by atoms with Crippen LogP contribution in [-0.2, 0) is 4.79 Å². The number of nitrogens with zero attached hydrogens (tertiary/aromatic N) is 3. The molecule has 0 fully saturated rings. The molecule has 3 aliphatic rings. The Balaban J connectivity index is 1.72. The summed E-state index contributed by atoms with van der Waals surface area (Å²) in [6.45, 7) is 2.22. The molecule has 2 aromatic carbocycles. The lowest BCUT2D eigenvalue weighted by Crippen LogP contribution is -2.50. The molecule has 0 bridgehead atoms. The van der Waals surface area contributed by atoms with Crippen LogP contribution in [0.15, 0.2) is 51.0 Å². The summed E-state index contributed by atoms with van der Waals surface area (Å²) in [4.78, 5) is 17.9. The Morgan fingerprint density at radius 3 is 2.96 bits per heavy atom. The van der Waals surface area contributed by atoms with Gasteiger partial charge in [-0.25, -0.2) is 5.01 Å². The van der Waals surface area contributed by atoms with Gasteiger partial charge in [0.05, 0.1) is 5.36 Å². The summed E-state index contributed by atoms with van der Waals surface area (Å²) >= 11 is 4.96. The van der Waals surface area contributed by atoms with Crippen LogP contribution in [-0.4, -0.2) is 28.6 Å². The monoisotopic (exact) mass is 458 g/mol. The smallest absolute Gasteiger partial charge is 0.276 e. The van der Waals surface area contributed by atoms with Gasteiger partial charge in [-0.15, -0.1) is 5.10 Å². The van der Waals surface area contributed by atoms with Gasteiger partial charge in [-0.05, 0) is 36.1 Å². The largest absolute Gasteiger partial charge is 0.454 e. The molecule has 0 saturated carbocycles. The fourth-order valence-electron chi connectivity index (χ4n) is 3.34. The average molecular weight is 459 g/mol. The molecule has 1 N–H and O–H groups in total. The lowest BCUT2D eigenvalue weighted by molar-refractivity contribution is -0.116. The van der Waals surface area contributed by atoms with Crippen molar-refractivity contribution in [1.82, 2.24) is 10.3 Å². The van der Waals surface area contributed by atoms with Crippen LogP contribution in [0.5, 0.6) is 11.5 Å². The zero-order valence-electron chi connectivity index (χ0n) is 14.8. The Kier molecular flexibility index (Phi) is 4.28. The van der Waals surface area contributed by atoms with Crippen molar-refractivity contribution in [2.75, 3.05) is 12.5 Å². The predicted molar refractivity (Wildman–Crippen MR) is 109 cm³/mol. The van der Waals surface area contributed by atoms with Crippen LogP contribution >= 0.6 is 27.7 Å². The van der Waals surface area contributed by atoms with Crippen LogP contribution in [0.1, 0.15) is 18.7 Å². The summed E-state index contributed by atoms with van der Waals surface area (Å²) in [5, 5.41) is 11.3. The molecule has 2 aromatic rings.